The van der Waals surface area contributed by atoms with E-state index in [9.17, 15) is 14.4 Å². The fourth-order valence-electron chi connectivity index (χ4n) is 1.85. The van der Waals surface area contributed by atoms with E-state index in [4.69, 9.17) is 16.7 Å². The van der Waals surface area contributed by atoms with Gasteiger partial charge in [0.25, 0.3) is 5.91 Å². The minimum absolute atomic E-state index is 0.0787. The summed E-state index contributed by atoms with van der Waals surface area (Å²) in [4.78, 5) is 36.2. The van der Waals surface area contributed by atoms with Crippen molar-refractivity contribution in [2.75, 3.05) is 13.6 Å². The smallest absolute Gasteiger partial charge is 0.308 e. The highest BCUT2D eigenvalue weighted by Gasteiger charge is 2.23. The number of carbonyl (C=O) groups is 3. The first-order chi connectivity index (χ1) is 10.2. The number of carboxylic acid groups (broad SMARTS) is 1. The number of hydrogen-bond donors (Lipinski definition) is 2. The van der Waals surface area contributed by atoms with E-state index in [1.165, 1.54) is 18.9 Å². The summed E-state index contributed by atoms with van der Waals surface area (Å²) in [7, 11) is 1.51. The Bertz CT molecular complexity index is 559. The molecule has 0 aliphatic rings. The number of amides is 2. The minimum Gasteiger partial charge on any atom is -0.481 e. The normalized spacial score (nSPS) is 13.1. The van der Waals surface area contributed by atoms with Gasteiger partial charge in [0.2, 0.25) is 5.91 Å². The third-order valence-electron chi connectivity index (χ3n) is 3.17. The van der Waals surface area contributed by atoms with Gasteiger partial charge in [-0.15, -0.1) is 0 Å². The van der Waals surface area contributed by atoms with Crippen LogP contribution in [0.5, 0.6) is 0 Å². The van der Waals surface area contributed by atoms with Crippen molar-refractivity contribution in [2.45, 2.75) is 19.9 Å². The van der Waals surface area contributed by atoms with Crippen molar-refractivity contribution in [2.24, 2.45) is 5.92 Å². The molecule has 120 valence electrons. The lowest BCUT2D eigenvalue weighted by atomic mass is 10.1. The first-order valence-electron chi connectivity index (χ1n) is 6.76. The number of hydrogen-bond acceptors (Lipinski definition) is 3. The highest BCUT2D eigenvalue weighted by molar-refractivity contribution is 6.30. The Hall–Kier alpha value is -2.08. The molecule has 0 radical (unpaired) electrons. The molecule has 0 fully saturated rings. The van der Waals surface area contributed by atoms with Gasteiger partial charge in [-0.3, -0.25) is 14.4 Å². The molecule has 0 saturated heterocycles. The van der Waals surface area contributed by atoms with Crippen molar-refractivity contribution in [3.8, 4) is 0 Å². The van der Waals surface area contributed by atoms with Crippen LogP contribution >= 0.6 is 11.6 Å². The van der Waals surface area contributed by atoms with Gasteiger partial charge in [0.1, 0.15) is 6.04 Å². The maximum Gasteiger partial charge on any atom is 0.308 e. The largest absolute Gasteiger partial charge is 0.481 e. The fourth-order valence-corrected chi connectivity index (χ4v) is 1.98. The van der Waals surface area contributed by atoms with E-state index < -0.39 is 23.8 Å². The van der Waals surface area contributed by atoms with Crippen LogP contribution in [0.3, 0.4) is 0 Å². The highest BCUT2D eigenvalue weighted by Crippen LogP contribution is 2.09. The zero-order valence-corrected chi connectivity index (χ0v) is 13.4. The standard InChI is InChI=1S/C15H19ClN2O4/c1-9(15(21)22)8-18(3)14(20)10(2)17-13(19)11-4-6-12(16)7-5-11/h4-7,9-10H,8H2,1-3H3,(H,17,19)(H,21,22). The van der Waals surface area contributed by atoms with E-state index in [0.29, 0.717) is 10.6 Å². The number of nitrogens with zero attached hydrogens (tertiary/aromatic N) is 1. The van der Waals surface area contributed by atoms with Crippen LogP contribution in [0.25, 0.3) is 0 Å². The van der Waals surface area contributed by atoms with Crippen molar-refractivity contribution in [3.63, 3.8) is 0 Å². The predicted molar refractivity (Wildman–Crippen MR) is 82.8 cm³/mol. The quantitative estimate of drug-likeness (QED) is 0.832. The van der Waals surface area contributed by atoms with Crippen molar-refractivity contribution in [1.29, 1.82) is 0 Å². The van der Waals surface area contributed by atoms with Crippen LogP contribution in [-0.4, -0.2) is 47.4 Å². The molecule has 1 rings (SSSR count). The molecule has 2 atom stereocenters. The Balaban J connectivity index is 2.61. The maximum atomic E-state index is 12.1. The molecular formula is C15H19ClN2O4. The van der Waals surface area contributed by atoms with E-state index in [1.54, 1.807) is 31.2 Å². The van der Waals surface area contributed by atoms with Crippen molar-refractivity contribution in [1.82, 2.24) is 10.2 Å². The van der Waals surface area contributed by atoms with E-state index >= 15 is 0 Å². The zero-order valence-electron chi connectivity index (χ0n) is 12.7. The Kier molecular flexibility index (Phi) is 6.37. The van der Waals surface area contributed by atoms with Crippen LogP contribution in [0.2, 0.25) is 5.02 Å². The molecule has 0 saturated carbocycles. The van der Waals surface area contributed by atoms with Gasteiger partial charge in [0.05, 0.1) is 5.92 Å². The number of likely N-dealkylation sites (N-methyl/N-ethyl adjacent to an activating group) is 1. The average molecular weight is 327 g/mol. The predicted octanol–water partition coefficient (Wildman–Crippen LogP) is 1.64. The van der Waals surface area contributed by atoms with Gasteiger partial charge in [-0.2, -0.15) is 0 Å². The summed E-state index contributed by atoms with van der Waals surface area (Å²) in [5.74, 6) is -2.39. The summed E-state index contributed by atoms with van der Waals surface area (Å²) in [5.41, 5.74) is 0.394. The molecule has 1 aromatic rings. The zero-order chi connectivity index (χ0) is 16.9. The fraction of sp³-hybridized carbons (Fsp3) is 0.400. The third-order valence-corrected chi connectivity index (χ3v) is 3.42. The van der Waals surface area contributed by atoms with Crippen LogP contribution in [0.4, 0.5) is 0 Å². The Labute approximate surface area is 134 Å². The van der Waals surface area contributed by atoms with Gasteiger partial charge in [-0.25, -0.2) is 0 Å². The van der Waals surface area contributed by atoms with Gasteiger partial charge >= 0.3 is 5.97 Å². The summed E-state index contributed by atoms with van der Waals surface area (Å²) in [5, 5.41) is 11.9. The van der Waals surface area contributed by atoms with Crippen molar-refractivity contribution < 1.29 is 19.5 Å². The molecule has 0 spiro atoms. The summed E-state index contributed by atoms with van der Waals surface area (Å²) in [6.07, 6.45) is 0. The van der Waals surface area contributed by atoms with Gasteiger partial charge in [0.15, 0.2) is 0 Å². The van der Waals surface area contributed by atoms with E-state index in [2.05, 4.69) is 5.32 Å². The number of benzene rings is 1. The van der Waals surface area contributed by atoms with Crippen LogP contribution < -0.4 is 5.32 Å². The van der Waals surface area contributed by atoms with E-state index in [0.717, 1.165) is 0 Å². The van der Waals surface area contributed by atoms with Crippen LogP contribution in [-0.2, 0) is 9.59 Å². The topological polar surface area (TPSA) is 86.7 Å². The summed E-state index contributed by atoms with van der Waals surface area (Å²) in [6, 6.07) is 5.54. The van der Waals surface area contributed by atoms with E-state index in [-0.39, 0.29) is 12.5 Å². The summed E-state index contributed by atoms with van der Waals surface area (Å²) < 4.78 is 0. The molecule has 22 heavy (non-hydrogen) atoms. The molecule has 0 aliphatic heterocycles. The lowest BCUT2D eigenvalue weighted by molar-refractivity contribution is -0.142. The highest BCUT2D eigenvalue weighted by atomic mass is 35.5. The molecule has 2 N–H and O–H groups in total. The molecule has 7 heteroatoms. The average Bonchev–Trinajstić information content (AvgIpc) is 2.46. The Morgan fingerprint density at radius 2 is 1.77 bits per heavy atom. The van der Waals surface area contributed by atoms with Crippen LogP contribution in [0.15, 0.2) is 24.3 Å². The molecule has 0 bridgehead atoms. The van der Waals surface area contributed by atoms with Gasteiger partial charge in [-0.1, -0.05) is 18.5 Å². The van der Waals surface area contributed by atoms with Crippen molar-refractivity contribution >= 4 is 29.4 Å². The molecular weight excluding hydrogens is 308 g/mol. The number of aliphatic carboxylic acids is 1. The molecule has 1 aromatic carbocycles. The van der Waals surface area contributed by atoms with Gasteiger partial charge < -0.3 is 15.3 Å². The van der Waals surface area contributed by atoms with Gasteiger partial charge in [-0.05, 0) is 31.2 Å². The number of carbonyl (C=O) groups excluding carboxylic acids is 2. The monoisotopic (exact) mass is 326 g/mol. The summed E-state index contributed by atoms with van der Waals surface area (Å²) >= 11 is 5.75. The van der Waals surface area contributed by atoms with Crippen LogP contribution in [0.1, 0.15) is 24.2 Å². The summed E-state index contributed by atoms with van der Waals surface area (Å²) in [6.45, 7) is 3.15. The SMILES string of the molecule is CC(CN(C)C(=O)C(C)NC(=O)c1ccc(Cl)cc1)C(=O)O. The second-order valence-corrected chi connectivity index (χ2v) is 5.60. The molecule has 2 unspecified atom stereocenters. The lowest BCUT2D eigenvalue weighted by Crippen LogP contribution is -2.47. The first kappa shape index (κ1) is 18.0. The number of halogens is 1. The van der Waals surface area contributed by atoms with E-state index in [1.807, 2.05) is 0 Å². The third kappa shape index (κ3) is 5.04. The van der Waals surface area contributed by atoms with Gasteiger partial charge in [0, 0.05) is 24.2 Å². The Morgan fingerprint density at radius 1 is 1.23 bits per heavy atom. The number of nitrogens with one attached hydrogen (secondary N) is 1. The second-order valence-electron chi connectivity index (χ2n) is 5.16. The number of rotatable bonds is 6. The lowest BCUT2D eigenvalue weighted by Gasteiger charge is -2.23. The molecule has 0 aromatic heterocycles. The molecule has 6 nitrogen and oxygen atoms in total. The maximum absolute atomic E-state index is 12.1. The minimum atomic E-state index is -0.975. The molecule has 0 aliphatic carbocycles. The van der Waals surface area contributed by atoms with Crippen molar-refractivity contribution in [3.05, 3.63) is 34.9 Å². The Morgan fingerprint density at radius 3 is 2.27 bits per heavy atom. The van der Waals surface area contributed by atoms with Crippen LogP contribution in [0, 0.1) is 5.92 Å². The first-order valence-corrected chi connectivity index (χ1v) is 7.14. The molecule has 2 amide bonds. The second kappa shape index (κ2) is 7.79. The number of carboxylic acids is 1. The molecule has 0 heterocycles.